The molecule has 0 saturated carbocycles. The minimum absolute atomic E-state index is 0.106. The molecule has 0 bridgehead atoms. The first-order valence-electron chi connectivity index (χ1n) is 7.25. The van der Waals surface area contributed by atoms with Crippen LogP contribution in [0.1, 0.15) is 20.7 Å². The molecule has 8 nitrogen and oxygen atoms in total. The maximum atomic E-state index is 12.4. The summed E-state index contributed by atoms with van der Waals surface area (Å²) in [4.78, 5) is 28.2. The zero-order chi connectivity index (χ0) is 18.7. The van der Waals surface area contributed by atoms with E-state index in [9.17, 15) is 30.0 Å². The van der Waals surface area contributed by atoms with E-state index in [1.54, 1.807) is 12.1 Å². The summed E-state index contributed by atoms with van der Waals surface area (Å²) in [7, 11) is 0. The number of fused-ring (bicyclic) bond motifs is 1. The molecule has 1 aliphatic rings. The third-order valence-corrected chi connectivity index (χ3v) is 4.03. The van der Waals surface area contributed by atoms with Gasteiger partial charge in [-0.3, -0.25) is 14.6 Å². The molecular weight excluding hydrogens is 354 g/mol. The van der Waals surface area contributed by atoms with Crippen LogP contribution in [0.2, 0.25) is 0 Å². The van der Waals surface area contributed by atoms with Crippen LogP contribution in [-0.4, -0.2) is 74.3 Å². The Labute approximate surface area is 147 Å². The molecule has 0 radical (unpaired) electrons. The number of halogens is 1. The van der Waals surface area contributed by atoms with E-state index >= 15 is 0 Å². The molecule has 1 aliphatic carbocycles. The first-order valence-corrected chi connectivity index (χ1v) is 7.62. The Kier molecular flexibility index (Phi) is 6.17. The third-order valence-electron chi connectivity index (χ3n) is 3.68. The summed E-state index contributed by atoms with van der Waals surface area (Å²) in [6.07, 6.45) is -6.47. The molecule has 5 N–H and O–H groups in total. The minimum Gasteiger partial charge on any atom is -0.394 e. The van der Waals surface area contributed by atoms with Gasteiger partial charge in [0.2, 0.25) is 11.6 Å². The van der Waals surface area contributed by atoms with E-state index in [1.165, 1.54) is 12.1 Å². The second-order valence-electron chi connectivity index (χ2n) is 5.37. The molecule has 0 spiro atoms. The Bertz CT molecular complexity index is 746. The number of ketones is 2. The molecule has 0 aromatic heterocycles. The summed E-state index contributed by atoms with van der Waals surface area (Å²) >= 11 is 5.88. The highest BCUT2D eigenvalue weighted by molar-refractivity contribution is 6.50. The third kappa shape index (κ3) is 3.84. The highest BCUT2D eigenvalue weighted by Crippen LogP contribution is 2.29. The molecule has 0 unspecified atom stereocenters. The van der Waals surface area contributed by atoms with E-state index in [-0.39, 0.29) is 11.1 Å². The second kappa shape index (κ2) is 7.96. The number of carbonyl (C=O) groups is 2. The van der Waals surface area contributed by atoms with Gasteiger partial charge in [-0.15, -0.1) is 0 Å². The lowest BCUT2D eigenvalue weighted by molar-refractivity contribution is -0.0999. The van der Waals surface area contributed by atoms with Crippen molar-refractivity contribution in [2.45, 2.75) is 24.4 Å². The maximum absolute atomic E-state index is 12.4. The van der Waals surface area contributed by atoms with Crippen LogP contribution in [0.3, 0.4) is 0 Å². The number of aliphatic hydroxyl groups is 5. The number of hydrogen-bond acceptors (Lipinski definition) is 8. The molecule has 9 heteroatoms. The van der Waals surface area contributed by atoms with Gasteiger partial charge in [-0.25, -0.2) is 0 Å². The number of Topliss-reactive ketones (excluding diaryl/α,β-unsaturated/α-hetero) is 2. The summed E-state index contributed by atoms with van der Waals surface area (Å²) in [5.74, 6) is -1.23. The molecule has 2 rings (SSSR count). The average Bonchev–Trinajstić information content (AvgIpc) is 2.64. The fourth-order valence-corrected chi connectivity index (χ4v) is 2.46. The van der Waals surface area contributed by atoms with Gasteiger partial charge < -0.3 is 25.5 Å². The first-order chi connectivity index (χ1) is 11.8. The van der Waals surface area contributed by atoms with Gasteiger partial charge >= 0.3 is 0 Å². The summed E-state index contributed by atoms with van der Waals surface area (Å²) < 4.78 is 0. The number of aliphatic hydroxyl groups excluding tert-OH is 5. The van der Waals surface area contributed by atoms with Crippen LogP contribution in [0.15, 0.2) is 40.0 Å². The van der Waals surface area contributed by atoms with Crippen molar-refractivity contribution in [1.29, 1.82) is 0 Å². The van der Waals surface area contributed by atoms with Crippen molar-refractivity contribution in [2.75, 3.05) is 6.61 Å². The lowest BCUT2D eigenvalue weighted by Crippen LogP contribution is -2.46. The smallest absolute Gasteiger partial charge is 0.213 e. The van der Waals surface area contributed by atoms with E-state index in [0.29, 0.717) is 0 Å². The Hall–Kier alpha value is -1.94. The van der Waals surface area contributed by atoms with Crippen molar-refractivity contribution in [3.63, 3.8) is 0 Å². The quantitative estimate of drug-likeness (QED) is 0.405. The van der Waals surface area contributed by atoms with Crippen molar-refractivity contribution in [1.82, 2.24) is 0 Å². The van der Waals surface area contributed by atoms with E-state index < -0.39 is 53.3 Å². The van der Waals surface area contributed by atoms with Crippen LogP contribution < -0.4 is 0 Å². The predicted octanol–water partition coefficient (Wildman–Crippen LogP) is -0.977. The molecule has 134 valence electrons. The largest absolute Gasteiger partial charge is 0.394 e. The number of nitrogens with zero attached hydrogens (tertiary/aromatic N) is 1. The number of aliphatic imine (C=N–C) groups is 1. The van der Waals surface area contributed by atoms with Gasteiger partial charge in [0, 0.05) is 17.3 Å². The molecule has 0 heterocycles. The zero-order valence-corrected chi connectivity index (χ0v) is 13.5. The molecule has 0 aliphatic heterocycles. The lowest BCUT2D eigenvalue weighted by Gasteiger charge is -2.23. The Morgan fingerprint density at radius 3 is 2.12 bits per heavy atom. The molecule has 0 saturated heterocycles. The Morgan fingerprint density at radius 2 is 1.56 bits per heavy atom. The minimum atomic E-state index is -1.88. The fourth-order valence-electron chi connectivity index (χ4n) is 2.22. The number of hydrogen-bond donors (Lipinski definition) is 5. The van der Waals surface area contributed by atoms with Crippen LogP contribution in [-0.2, 0) is 0 Å². The van der Waals surface area contributed by atoms with Crippen LogP contribution in [0, 0.1) is 0 Å². The van der Waals surface area contributed by atoms with E-state index in [0.717, 1.165) is 6.21 Å². The van der Waals surface area contributed by atoms with Gasteiger partial charge in [0.1, 0.15) is 35.1 Å². The molecule has 0 amide bonds. The molecule has 25 heavy (non-hydrogen) atoms. The number of allylic oxidation sites excluding steroid dienone is 2. The summed E-state index contributed by atoms with van der Waals surface area (Å²) in [5.41, 5.74) is -0.165. The number of benzene rings is 1. The summed E-state index contributed by atoms with van der Waals surface area (Å²) in [5, 5.41) is 46.5. The molecular formula is C16H16ClNO7. The van der Waals surface area contributed by atoms with Crippen LogP contribution in [0.4, 0.5) is 0 Å². The van der Waals surface area contributed by atoms with Crippen LogP contribution >= 0.6 is 11.6 Å². The molecule has 1 aromatic rings. The van der Waals surface area contributed by atoms with Crippen molar-refractivity contribution in [3.8, 4) is 0 Å². The molecule has 4 atom stereocenters. The average molecular weight is 370 g/mol. The van der Waals surface area contributed by atoms with E-state index in [2.05, 4.69) is 4.99 Å². The number of rotatable bonds is 6. The standard InChI is InChI=1S/C16H16ClNO7/c17-11-12(14(23)8-4-2-1-3-7(8)13(11)22)18-5-9(20)15(24)16(25)10(21)6-19/h1-5,9-10,15-16,19-21,24-25H,6H2/t9-,10-,15-,16-/m1/s1. The highest BCUT2D eigenvalue weighted by Gasteiger charge is 2.32. The fraction of sp³-hybridized carbons (Fsp3) is 0.312. The second-order valence-corrected chi connectivity index (χ2v) is 5.74. The van der Waals surface area contributed by atoms with Gasteiger partial charge in [-0.2, -0.15) is 0 Å². The summed E-state index contributed by atoms with van der Waals surface area (Å²) in [6, 6.07) is 6.02. The lowest BCUT2D eigenvalue weighted by atomic mass is 9.92. The summed E-state index contributed by atoms with van der Waals surface area (Å²) in [6.45, 7) is -0.831. The van der Waals surface area contributed by atoms with Gasteiger partial charge in [-0.05, 0) is 0 Å². The first kappa shape index (κ1) is 19.4. The van der Waals surface area contributed by atoms with Crippen molar-refractivity contribution < 1.29 is 35.1 Å². The van der Waals surface area contributed by atoms with Crippen molar-refractivity contribution in [2.24, 2.45) is 4.99 Å². The van der Waals surface area contributed by atoms with E-state index in [1.807, 2.05) is 0 Å². The van der Waals surface area contributed by atoms with Gasteiger partial charge in [0.25, 0.3) is 0 Å². The van der Waals surface area contributed by atoms with Crippen LogP contribution in [0.5, 0.6) is 0 Å². The molecule has 0 fully saturated rings. The monoisotopic (exact) mass is 369 g/mol. The predicted molar refractivity (Wildman–Crippen MR) is 87.6 cm³/mol. The van der Waals surface area contributed by atoms with Crippen molar-refractivity contribution in [3.05, 3.63) is 46.1 Å². The van der Waals surface area contributed by atoms with Gasteiger partial charge in [0.05, 0.1) is 6.61 Å². The Morgan fingerprint density at radius 1 is 1.00 bits per heavy atom. The maximum Gasteiger partial charge on any atom is 0.213 e. The van der Waals surface area contributed by atoms with Crippen molar-refractivity contribution >= 4 is 29.4 Å². The normalized spacial score (nSPS) is 19.8. The van der Waals surface area contributed by atoms with Gasteiger partial charge in [-0.1, -0.05) is 35.9 Å². The number of carbonyl (C=O) groups excluding carboxylic acids is 2. The van der Waals surface area contributed by atoms with E-state index in [4.69, 9.17) is 16.7 Å². The zero-order valence-electron chi connectivity index (χ0n) is 12.8. The Balaban J connectivity index is 2.24. The van der Waals surface area contributed by atoms with Gasteiger partial charge in [0.15, 0.2) is 0 Å². The SMILES string of the molecule is O=C1C(Cl)=C(N=C[C@@H](O)[C@@H](O)[C@H](O)[C@H](O)CO)C(=O)c2ccccc21. The molecule has 1 aromatic carbocycles. The highest BCUT2D eigenvalue weighted by atomic mass is 35.5. The topological polar surface area (TPSA) is 148 Å². The van der Waals surface area contributed by atoms with Crippen LogP contribution in [0.25, 0.3) is 0 Å².